The highest BCUT2D eigenvalue weighted by Crippen LogP contribution is 2.36. The molecule has 10 nitrogen and oxygen atoms in total. The number of ether oxygens (including phenoxy) is 2. The predicted octanol–water partition coefficient (Wildman–Crippen LogP) is 3.34. The molecule has 0 unspecified atom stereocenters. The van der Waals surface area contributed by atoms with E-state index in [0.717, 1.165) is 12.3 Å². The molecule has 4 rings (SSSR count). The van der Waals surface area contributed by atoms with Gasteiger partial charge in [-0.15, -0.1) is 0 Å². The van der Waals surface area contributed by atoms with E-state index in [1.807, 2.05) is 0 Å². The quantitative estimate of drug-likeness (QED) is 0.386. The summed E-state index contributed by atoms with van der Waals surface area (Å²) in [5, 5.41) is 5.69. The summed E-state index contributed by atoms with van der Waals surface area (Å²) in [6.07, 6.45) is -0.700. The lowest BCUT2D eigenvalue weighted by Gasteiger charge is -2.17. The number of nitrogens with two attached hydrogens (primary N) is 1. The van der Waals surface area contributed by atoms with E-state index in [9.17, 15) is 18.8 Å². The van der Waals surface area contributed by atoms with Gasteiger partial charge in [0, 0.05) is 10.6 Å². The molecule has 0 bridgehead atoms. The van der Waals surface area contributed by atoms with Crippen LogP contribution in [0.25, 0.3) is 0 Å². The van der Waals surface area contributed by atoms with Crippen molar-refractivity contribution in [2.75, 3.05) is 18.5 Å². The van der Waals surface area contributed by atoms with Gasteiger partial charge in [-0.2, -0.15) is 0 Å². The number of para-hydroxylation sites is 1. The molecule has 13 heteroatoms. The van der Waals surface area contributed by atoms with Gasteiger partial charge in [-0.05, 0) is 31.2 Å². The Bertz CT molecular complexity index is 1470. The van der Waals surface area contributed by atoms with Gasteiger partial charge in [-0.25, -0.2) is 14.4 Å². The molecule has 3 aromatic rings. The third-order valence-corrected chi connectivity index (χ3v) is 5.70. The molecule has 1 atom stereocenters. The summed E-state index contributed by atoms with van der Waals surface area (Å²) in [4.78, 5) is 45.6. The average molecular weight is 560 g/mol. The van der Waals surface area contributed by atoms with Crippen LogP contribution in [0.5, 0.6) is 11.6 Å². The highest BCUT2D eigenvalue weighted by atomic mass is 35.5. The van der Waals surface area contributed by atoms with Gasteiger partial charge in [0.1, 0.15) is 17.1 Å². The number of hydrogen-bond donors (Lipinski definition) is 3. The Morgan fingerprint density at radius 3 is 2.68 bits per heavy atom. The Balaban J connectivity index is 1.80. The van der Waals surface area contributed by atoms with E-state index < -0.39 is 36.3 Å². The number of rotatable bonds is 8. The van der Waals surface area contributed by atoms with Gasteiger partial charge in [-0.1, -0.05) is 41.4 Å². The van der Waals surface area contributed by atoms with Crippen LogP contribution in [-0.4, -0.2) is 47.8 Å². The number of halogens is 3. The molecule has 3 amide bonds. The molecule has 1 aromatic heterocycles. The number of anilines is 1. The second-order valence-corrected chi connectivity index (χ2v) is 8.69. The minimum atomic E-state index is -1.50. The maximum Gasteiger partial charge on any atom is 0.269 e. The fraction of sp³-hybridized carbons (Fsp3) is 0.160. The van der Waals surface area contributed by atoms with E-state index in [4.69, 9.17) is 38.4 Å². The smallest absolute Gasteiger partial charge is 0.269 e. The number of primary amides is 1. The molecule has 38 heavy (non-hydrogen) atoms. The lowest BCUT2D eigenvalue weighted by atomic mass is 9.99. The SMILES string of the molecule is CCOc1cc(Cl)cc(Cl)c1C1=N[C@@H](NC(=O)c2cc(F)cnc2OCC(N)=O)C(=O)Nc2ccccc21. The largest absolute Gasteiger partial charge is 0.493 e. The highest BCUT2D eigenvalue weighted by Gasteiger charge is 2.30. The van der Waals surface area contributed by atoms with Gasteiger partial charge in [0.05, 0.1) is 34.8 Å². The van der Waals surface area contributed by atoms with E-state index in [2.05, 4.69) is 20.6 Å². The van der Waals surface area contributed by atoms with Crippen molar-refractivity contribution >= 4 is 52.3 Å². The van der Waals surface area contributed by atoms with Crippen LogP contribution in [-0.2, 0) is 9.59 Å². The number of aromatic nitrogens is 1. The van der Waals surface area contributed by atoms with E-state index >= 15 is 0 Å². The first-order chi connectivity index (χ1) is 18.2. The molecule has 1 aliphatic rings. The van der Waals surface area contributed by atoms with Crippen molar-refractivity contribution in [3.05, 3.63) is 81.2 Å². The predicted molar refractivity (Wildman–Crippen MR) is 138 cm³/mol. The third kappa shape index (κ3) is 5.84. The number of benzodiazepines with no additional fused rings is 1. The zero-order valence-electron chi connectivity index (χ0n) is 19.8. The lowest BCUT2D eigenvalue weighted by molar-refractivity contribution is -0.120. The fourth-order valence-corrected chi connectivity index (χ4v) is 4.21. The molecule has 4 N–H and O–H groups in total. The maximum atomic E-state index is 13.9. The van der Waals surface area contributed by atoms with Crippen LogP contribution in [0.2, 0.25) is 10.0 Å². The van der Waals surface area contributed by atoms with Crippen molar-refractivity contribution in [2.24, 2.45) is 10.7 Å². The topological polar surface area (TPSA) is 145 Å². The van der Waals surface area contributed by atoms with Crippen molar-refractivity contribution in [1.29, 1.82) is 0 Å². The standard InChI is InChI=1S/C25H20Cl2FN5O5/c1-2-37-18-8-12(26)7-16(27)20(18)21-14-5-3-4-6-17(14)31-24(36)22(32-21)33-23(35)15-9-13(28)10-30-25(15)38-11-19(29)34/h3-10,22H,2,11H2,1H3,(H2,29,34)(H,31,36)(H,33,35)/t22-/m0/s1. The number of fused-ring (bicyclic) bond motifs is 1. The minimum Gasteiger partial charge on any atom is -0.493 e. The summed E-state index contributed by atoms with van der Waals surface area (Å²) < 4.78 is 24.8. The van der Waals surface area contributed by atoms with Gasteiger partial charge in [0.15, 0.2) is 6.61 Å². The first-order valence-corrected chi connectivity index (χ1v) is 11.9. The molecule has 0 aliphatic carbocycles. The van der Waals surface area contributed by atoms with Gasteiger partial charge in [-0.3, -0.25) is 14.4 Å². The zero-order chi connectivity index (χ0) is 27.4. The number of nitrogens with zero attached hydrogens (tertiary/aromatic N) is 2. The van der Waals surface area contributed by atoms with Crippen LogP contribution < -0.4 is 25.8 Å². The van der Waals surface area contributed by atoms with E-state index in [-0.39, 0.29) is 28.8 Å². The third-order valence-electron chi connectivity index (χ3n) is 5.18. The Kier molecular flexibility index (Phi) is 8.08. The summed E-state index contributed by atoms with van der Waals surface area (Å²) in [5.74, 6) is -3.36. The Morgan fingerprint density at radius 1 is 1.18 bits per heavy atom. The normalized spacial score (nSPS) is 14.5. The summed E-state index contributed by atoms with van der Waals surface area (Å²) in [6, 6.07) is 10.7. The molecular weight excluding hydrogens is 540 g/mol. The molecule has 0 saturated heterocycles. The van der Waals surface area contributed by atoms with Gasteiger partial charge in [0.25, 0.3) is 17.7 Å². The van der Waals surface area contributed by atoms with Crippen molar-refractivity contribution in [3.8, 4) is 11.6 Å². The van der Waals surface area contributed by atoms with Crippen LogP contribution in [0.1, 0.15) is 28.4 Å². The number of nitrogens with one attached hydrogen (secondary N) is 2. The van der Waals surface area contributed by atoms with Gasteiger partial charge >= 0.3 is 0 Å². The van der Waals surface area contributed by atoms with Crippen molar-refractivity contribution < 1.29 is 28.2 Å². The molecule has 2 heterocycles. The molecule has 0 radical (unpaired) electrons. The summed E-state index contributed by atoms with van der Waals surface area (Å²) in [6.45, 7) is 1.47. The lowest BCUT2D eigenvalue weighted by Crippen LogP contribution is -2.42. The molecule has 1 aliphatic heterocycles. The highest BCUT2D eigenvalue weighted by molar-refractivity contribution is 6.39. The van der Waals surface area contributed by atoms with Crippen molar-refractivity contribution in [3.63, 3.8) is 0 Å². The molecule has 2 aromatic carbocycles. The van der Waals surface area contributed by atoms with Crippen LogP contribution in [0, 0.1) is 5.82 Å². The first-order valence-electron chi connectivity index (χ1n) is 11.2. The van der Waals surface area contributed by atoms with Crippen LogP contribution in [0.15, 0.2) is 53.7 Å². The number of hydrogen-bond acceptors (Lipinski definition) is 7. The van der Waals surface area contributed by atoms with E-state index in [1.54, 1.807) is 37.3 Å². The summed E-state index contributed by atoms with van der Waals surface area (Å²) in [5.41, 5.74) is 6.19. The Morgan fingerprint density at radius 2 is 1.95 bits per heavy atom. The van der Waals surface area contributed by atoms with E-state index in [1.165, 1.54) is 6.07 Å². The van der Waals surface area contributed by atoms with Crippen LogP contribution >= 0.6 is 23.2 Å². The average Bonchev–Trinajstić information content (AvgIpc) is 2.99. The monoisotopic (exact) mass is 559 g/mol. The number of aliphatic imine (C=N–C) groups is 1. The summed E-state index contributed by atoms with van der Waals surface area (Å²) >= 11 is 12.8. The maximum absolute atomic E-state index is 13.9. The fourth-order valence-electron chi connectivity index (χ4n) is 3.65. The number of pyridine rings is 1. The molecule has 0 fully saturated rings. The Labute approximate surface area is 225 Å². The van der Waals surface area contributed by atoms with Crippen molar-refractivity contribution in [2.45, 2.75) is 13.1 Å². The second-order valence-electron chi connectivity index (χ2n) is 7.84. The number of carbonyl (C=O) groups excluding carboxylic acids is 3. The van der Waals surface area contributed by atoms with Crippen molar-refractivity contribution in [1.82, 2.24) is 10.3 Å². The second kappa shape index (κ2) is 11.4. The first kappa shape index (κ1) is 26.8. The number of carbonyl (C=O) groups is 3. The number of amides is 3. The summed E-state index contributed by atoms with van der Waals surface area (Å²) in [7, 11) is 0. The molecule has 0 saturated carbocycles. The van der Waals surface area contributed by atoms with Crippen LogP contribution in [0.3, 0.4) is 0 Å². The van der Waals surface area contributed by atoms with Crippen LogP contribution in [0.4, 0.5) is 10.1 Å². The van der Waals surface area contributed by atoms with Gasteiger partial charge in [0.2, 0.25) is 12.0 Å². The Hall–Kier alpha value is -4.22. The molecular formula is C25H20Cl2FN5O5. The van der Waals surface area contributed by atoms with E-state index in [0.29, 0.717) is 27.6 Å². The zero-order valence-corrected chi connectivity index (χ0v) is 21.3. The number of benzene rings is 2. The molecule has 0 spiro atoms. The van der Waals surface area contributed by atoms with Gasteiger partial charge < -0.3 is 25.8 Å². The minimum absolute atomic E-state index is 0.199. The molecule has 196 valence electrons.